The molecule has 0 unspecified atom stereocenters. The first-order valence-electron chi connectivity index (χ1n) is 4.01. The molecule has 0 aliphatic heterocycles. The average molecular weight is 177 g/mol. The van der Waals surface area contributed by atoms with Crippen molar-refractivity contribution < 1.29 is 0 Å². The number of hydrogen-bond donors (Lipinski definition) is 0. The minimum Gasteiger partial charge on any atom is -0.252 e. The molecule has 2 heterocycles. The third-order valence-corrected chi connectivity index (χ3v) is 3.06. The van der Waals surface area contributed by atoms with E-state index in [1.807, 2.05) is 11.3 Å². The van der Waals surface area contributed by atoms with Gasteiger partial charge in [0.15, 0.2) is 0 Å². The third kappa shape index (κ3) is 1.12. The highest BCUT2D eigenvalue weighted by molar-refractivity contribution is 7.18. The van der Waals surface area contributed by atoms with Crippen LogP contribution in [0.15, 0.2) is 12.1 Å². The van der Waals surface area contributed by atoms with Gasteiger partial charge < -0.3 is 0 Å². The number of pyridine rings is 1. The maximum Gasteiger partial charge on any atom is 0.0815 e. The molecule has 0 fully saturated rings. The minimum absolute atomic E-state index is 1.14. The standard InChI is InChI=1S/C10H11NS/c1-6-4-10-9(11-8(6)3)5-7(2)12-10/h4-5H,1-3H3. The van der Waals surface area contributed by atoms with Gasteiger partial charge in [0.05, 0.1) is 10.2 Å². The molecular formula is C10H11NS. The molecule has 0 amide bonds. The Balaban J connectivity index is 2.83. The molecule has 0 bridgehead atoms. The highest BCUT2D eigenvalue weighted by Crippen LogP contribution is 2.24. The first-order chi connectivity index (χ1) is 5.66. The van der Waals surface area contributed by atoms with Gasteiger partial charge in [0.2, 0.25) is 0 Å². The van der Waals surface area contributed by atoms with E-state index in [4.69, 9.17) is 0 Å². The van der Waals surface area contributed by atoms with Crippen LogP contribution in [0.1, 0.15) is 16.1 Å². The summed E-state index contributed by atoms with van der Waals surface area (Å²) in [5.74, 6) is 0. The lowest BCUT2D eigenvalue weighted by atomic mass is 10.2. The Morgan fingerprint density at radius 3 is 2.67 bits per heavy atom. The van der Waals surface area contributed by atoms with Crippen LogP contribution in [0.4, 0.5) is 0 Å². The van der Waals surface area contributed by atoms with Crippen LogP contribution >= 0.6 is 11.3 Å². The van der Waals surface area contributed by atoms with E-state index in [1.54, 1.807) is 0 Å². The Kier molecular flexibility index (Phi) is 1.65. The number of fused-ring (bicyclic) bond motifs is 1. The quantitative estimate of drug-likeness (QED) is 0.602. The minimum atomic E-state index is 1.14. The summed E-state index contributed by atoms with van der Waals surface area (Å²) in [6, 6.07) is 4.36. The molecule has 12 heavy (non-hydrogen) atoms. The van der Waals surface area contributed by atoms with Crippen molar-refractivity contribution in [1.29, 1.82) is 0 Å². The summed E-state index contributed by atoms with van der Waals surface area (Å²) in [5.41, 5.74) is 3.56. The molecule has 2 aromatic heterocycles. The lowest BCUT2D eigenvalue weighted by Gasteiger charge is -1.96. The number of hydrogen-bond acceptors (Lipinski definition) is 2. The predicted molar refractivity (Wildman–Crippen MR) is 53.8 cm³/mol. The fourth-order valence-corrected chi connectivity index (χ4v) is 2.24. The second-order valence-corrected chi connectivity index (χ2v) is 4.42. The molecule has 0 spiro atoms. The number of nitrogens with zero attached hydrogens (tertiary/aromatic N) is 1. The van der Waals surface area contributed by atoms with E-state index in [9.17, 15) is 0 Å². The second kappa shape index (κ2) is 2.56. The molecule has 0 aliphatic rings. The molecular weight excluding hydrogens is 166 g/mol. The SMILES string of the molecule is Cc1cc2nc(C)c(C)cc2s1. The molecule has 2 rings (SSSR count). The van der Waals surface area contributed by atoms with Crippen molar-refractivity contribution >= 4 is 21.6 Å². The Morgan fingerprint density at radius 2 is 1.92 bits per heavy atom. The summed E-state index contributed by atoms with van der Waals surface area (Å²) < 4.78 is 1.30. The van der Waals surface area contributed by atoms with Crippen LogP contribution in [0.3, 0.4) is 0 Å². The number of aryl methyl sites for hydroxylation is 3. The van der Waals surface area contributed by atoms with Crippen molar-refractivity contribution in [3.8, 4) is 0 Å². The molecule has 0 saturated heterocycles. The van der Waals surface area contributed by atoms with E-state index in [1.165, 1.54) is 15.1 Å². The van der Waals surface area contributed by atoms with Crippen molar-refractivity contribution in [1.82, 2.24) is 4.98 Å². The van der Waals surface area contributed by atoms with E-state index < -0.39 is 0 Å². The predicted octanol–water partition coefficient (Wildman–Crippen LogP) is 3.22. The third-order valence-electron chi connectivity index (χ3n) is 2.07. The normalized spacial score (nSPS) is 10.9. The van der Waals surface area contributed by atoms with Gasteiger partial charge in [-0.1, -0.05) is 0 Å². The van der Waals surface area contributed by atoms with Crippen LogP contribution in [-0.2, 0) is 0 Å². The van der Waals surface area contributed by atoms with Crippen molar-refractivity contribution in [3.63, 3.8) is 0 Å². The van der Waals surface area contributed by atoms with Crippen LogP contribution in [0.25, 0.3) is 10.2 Å². The molecule has 0 atom stereocenters. The van der Waals surface area contributed by atoms with Gasteiger partial charge in [-0.2, -0.15) is 0 Å². The molecule has 2 heteroatoms. The van der Waals surface area contributed by atoms with Gasteiger partial charge in [0.25, 0.3) is 0 Å². The van der Waals surface area contributed by atoms with E-state index >= 15 is 0 Å². The highest BCUT2D eigenvalue weighted by Gasteiger charge is 2.01. The maximum atomic E-state index is 4.51. The number of rotatable bonds is 0. The molecule has 0 radical (unpaired) electrons. The zero-order valence-electron chi connectivity index (χ0n) is 7.51. The Morgan fingerprint density at radius 1 is 1.17 bits per heavy atom. The van der Waals surface area contributed by atoms with Gasteiger partial charge in [-0.05, 0) is 38.5 Å². The fraction of sp³-hybridized carbons (Fsp3) is 0.300. The van der Waals surface area contributed by atoms with Crippen molar-refractivity contribution in [2.75, 3.05) is 0 Å². The van der Waals surface area contributed by atoms with Crippen LogP contribution < -0.4 is 0 Å². The van der Waals surface area contributed by atoms with Crippen LogP contribution in [0, 0.1) is 20.8 Å². The molecule has 0 aromatic carbocycles. The second-order valence-electron chi connectivity index (χ2n) is 3.13. The molecule has 0 N–H and O–H groups in total. The average Bonchev–Trinajstić information content (AvgIpc) is 2.30. The Hall–Kier alpha value is -0.890. The maximum absolute atomic E-state index is 4.51. The number of thiophene rings is 1. The van der Waals surface area contributed by atoms with Crippen molar-refractivity contribution in [3.05, 3.63) is 28.3 Å². The van der Waals surface area contributed by atoms with Gasteiger partial charge in [-0.25, -0.2) is 0 Å². The van der Waals surface area contributed by atoms with Crippen LogP contribution in [0.2, 0.25) is 0 Å². The largest absolute Gasteiger partial charge is 0.252 e. The van der Waals surface area contributed by atoms with Crippen molar-refractivity contribution in [2.24, 2.45) is 0 Å². The van der Waals surface area contributed by atoms with E-state index in [0.717, 1.165) is 11.2 Å². The van der Waals surface area contributed by atoms with Crippen LogP contribution in [-0.4, -0.2) is 4.98 Å². The molecule has 62 valence electrons. The Labute approximate surface area is 76.1 Å². The van der Waals surface area contributed by atoms with Gasteiger partial charge >= 0.3 is 0 Å². The van der Waals surface area contributed by atoms with E-state index in [-0.39, 0.29) is 0 Å². The summed E-state index contributed by atoms with van der Waals surface area (Å²) in [5, 5.41) is 0. The summed E-state index contributed by atoms with van der Waals surface area (Å²) >= 11 is 1.81. The monoisotopic (exact) mass is 177 g/mol. The smallest absolute Gasteiger partial charge is 0.0815 e. The highest BCUT2D eigenvalue weighted by atomic mass is 32.1. The van der Waals surface area contributed by atoms with E-state index in [2.05, 4.69) is 37.9 Å². The zero-order valence-corrected chi connectivity index (χ0v) is 8.33. The topological polar surface area (TPSA) is 12.9 Å². The van der Waals surface area contributed by atoms with Gasteiger partial charge in [-0.3, -0.25) is 4.98 Å². The summed E-state index contributed by atoms with van der Waals surface area (Å²) in [7, 11) is 0. The molecule has 0 saturated carbocycles. The van der Waals surface area contributed by atoms with Gasteiger partial charge in [0, 0.05) is 10.6 Å². The fourth-order valence-electron chi connectivity index (χ4n) is 1.28. The number of aromatic nitrogens is 1. The van der Waals surface area contributed by atoms with E-state index in [0.29, 0.717) is 0 Å². The lowest BCUT2D eigenvalue weighted by molar-refractivity contribution is 1.20. The lowest BCUT2D eigenvalue weighted by Crippen LogP contribution is -1.84. The molecule has 0 aliphatic carbocycles. The molecule has 1 nitrogen and oxygen atoms in total. The summed E-state index contributed by atoms with van der Waals surface area (Å²) in [4.78, 5) is 5.84. The van der Waals surface area contributed by atoms with Gasteiger partial charge in [-0.15, -0.1) is 11.3 Å². The summed E-state index contributed by atoms with van der Waals surface area (Å²) in [6.45, 7) is 6.29. The summed E-state index contributed by atoms with van der Waals surface area (Å²) in [6.07, 6.45) is 0. The van der Waals surface area contributed by atoms with Gasteiger partial charge in [0.1, 0.15) is 0 Å². The zero-order chi connectivity index (χ0) is 8.72. The van der Waals surface area contributed by atoms with Crippen LogP contribution in [0.5, 0.6) is 0 Å². The Bertz CT molecular complexity index is 390. The van der Waals surface area contributed by atoms with Crippen molar-refractivity contribution in [2.45, 2.75) is 20.8 Å². The first kappa shape index (κ1) is 7.74. The first-order valence-corrected chi connectivity index (χ1v) is 4.83. The molecule has 2 aromatic rings.